The zero-order valence-electron chi connectivity index (χ0n) is 7.86. The third-order valence-corrected chi connectivity index (χ3v) is 3.29. The smallest absolute Gasteiger partial charge is 0.0774 e. The summed E-state index contributed by atoms with van der Waals surface area (Å²) in [5.41, 5.74) is 0. The van der Waals surface area contributed by atoms with Crippen LogP contribution in [0.5, 0.6) is 0 Å². The zero-order chi connectivity index (χ0) is 9.68. The van der Waals surface area contributed by atoms with E-state index in [0.29, 0.717) is 6.42 Å². The molecule has 1 atom stereocenters. The van der Waals surface area contributed by atoms with Gasteiger partial charge < -0.3 is 10.2 Å². The predicted octanol–water partition coefficient (Wildman–Crippen LogP) is 1.60. The number of hydrogen-bond acceptors (Lipinski definition) is 3. The quantitative estimate of drug-likeness (QED) is 0.758. The molecule has 0 bridgehead atoms. The highest BCUT2D eigenvalue weighted by Gasteiger charge is 2.04. The van der Waals surface area contributed by atoms with Crippen molar-refractivity contribution in [3.63, 3.8) is 0 Å². The van der Waals surface area contributed by atoms with Gasteiger partial charge in [0.05, 0.1) is 12.7 Å². The van der Waals surface area contributed by atoms with Gasteiger partial charge in [-0.1, -0.05) is 6.92 Å². The molecule has 13 heavy (non-hydrogen) atoms. The van der Waals surface area contributed by atoms with Crippen molar-refractivity contribution in [2.45, 2.75) is 32.3 Å². The number of thiophene rings is 1. The summed E-state index contributed by atoms with van der Waals surface area (Å²) in [5, 5.41) is 17.8. The second-order valence-corrected chi connectivity index (χ2v) is 4.35. The summed E-state index contributed by atoms with van der Waals surface area (Å²) in [6.07, 6.45) is 2.03. The number of aliphatic hydroxyl groups is 2. The molecule has 1 aromatic rings. The Balaban J connectivity index is 2.36. The minimum Gasteiger partial charge on any atom is -0.394 e. The summed E-state index contributed by atoms with van der Waals surface area (Å²) < 4.78 is 0. The average Bonchev–Trinajstić information content (AvgIpc) is 2.61. The Morgan fingerprint density at radius 2 is 2.08 bits per heavy atom. The zero-order valence-corrected chi connectivity index (χ0v) is 8.68. The summed E-state index contributed by atoms with van der Waals surface area (Å²) >= 11 is 1.79. The minimum atomic E-state index is -0.563. The molecule has 0 saturated carbocycles. The van der Waals surface area contributed by atoms with Crippen molar-refractivity contribution >= 4 is 11.3 Å². The van der Waals surface area contributed by atoms with Gasteiger partial charge in [0, 0.05) is 9.75 Å². The van der Waals surface area contributed by atoms with Crippen LogP contribution in [0.3, 0.4) is 0 Å². The lowest BCUT2D eigenvalue weighted by Crippen LogP contribution is -2.12. The Labute approximate surface area is 82.8 Å². The van der Waals surface area contributed by atoms with Crippen molar-refractivity contribution in [3.8, 4) is 0 Å². The number of hydrogen-bond donors (Lipinski definition) is 2. The molecule has 0 aliphatic rings. The molecule has 1 unspecified atom stereocenters. The molecule has 3 heteroatoms. The highest BCUT2D eigenvalue weighted by atomic mass is 32.1. The lowest BCUT2D eigenvalue weighted by molar-refractivity contribution is 0.0887. The van der Waals surface area contributed by atoms with Gasteiger partial charge >= 0.3 is 0 Å². The van der Waals surface area contributed by atoms with Crippen LogP contribution in [-0.4, -0.2) is 22.9 Å². The van der Waals surface area contributed by atoms with Crippen molar-refractivity contribution in [1.82, 2.24) is 0 Å². The Morgan fingerprint density at radius 3 is 2.62 bits per heavy atom. The molecule has 0 spiro atoms. The van der Waals surface area contributed by atoms with Crippen LogP contribution in [-0.2, 0) is 12.8 Å². The largest absolute Gasteiger partial charge is 0.394 e. The SMILES string of the molecule is CCc1ccc(CCC(O)CO)s1. The molecule has 0 saturated heterocycles. The molecular weight excluding hydrogens is 184 g/mol. The van der Waals surface area contributed by atoms with Crippen LogP contribution in [0.4, 0.5) is 0 Å². The summed E-state index contributed by atoms with van der Waals surface area (Å²) in [6.45, 7) is 2.00. The van der Waals surface area contributed by atoms with E-state index >= 15 is 0 Å². The van der Waals surface area contributed by atoms with Crippen molar-refractivity contribution in [2.24, 2.45) is 0 Å². The van der Waals surface area contributed by atoms with Crippen LogP contribution in [0.15, 0.2) is 12.1 Å². The van der Waals surface area contributed by atoms with Crippen molar-refractivity contribution in [3.05, 3.63) is 21.9 Å². The second-order valence-electron chi connectivity index (χ2n) is 3.10. The Bertz CT molecular complexity index is 245. The van der Waals surface area contributed by atoms with Crippen LogP contribution in [0.2, 0.25) is 0 Å². The fraction of sp³-hybridized carbons (Fsp3) is 0.600. The van der Waals surface area contributed by atoms with Crippen LogP contribution in [0, 0.1) is 0 Å². The molecule has 1 aromatic heterocycles. The van der Waals surface area contributed by atoms with Gasteiger partial charge in [0.25, 0.3) is 0 Å². The first-order chi connectivity index (χ1) is 6.26. The van der Waals surface area contributed by atoms with Crippen LogP contribution in [0.1, 0.15) is 23.1 Å². The van der Waals surface area contributed by atoms with Gasteiger partial charge in [-0.15, -0.1) is 11.3 Å². The first kappa shape index (κ1) is 10.7. The summed E-state index contributed by atoms with van der Waals surface area (Å²) in [5.74, 6) is 0. The predicted molar refractivity (Wildman–Crippen MR) is 55.1 cm³/mol. The molecule has 0 aliphatic heterocycles. The van der Waals surface area contributed by atoms with Gasteiger partial charge in [-0.05, 0) is 31.4 Å². The second kappa shape index (κ2) is 5.37. The first-order valence-electron chi connectivity index (χ1n) is 4.62. The fourth-order valence-corrected chi connectivity index (χ4v) is 2.12. The van der Waals surface area contributed by atoms with E-state index in [1.54, 1.807) is 11.3 Å². The first-order valence-corrected chi connectivity index (χ1v) is 5.44. The molecule has 2 nitrogen and oxygen atoms in total. The van der Waals surface area contributed by atoms with Crippen LogP contribution in [0.25, 0.3) is 0 Å². The molecule has 0 aromatic carbocycles. The van der Waals surface area contributed by atoms with Crippen molar-refractivity contribution < 1.29 is 10.2 Å². The maximum absolute atomic E-state index is 9.14. The van der Waals surface area contributed by atoms with E-state index < -0.39 is 6.10 Å². The molecule has 74 valence electrons. The highest BCUT2D eigenvalue weighted by molar-refractivity contribution is 7.11. The third-order valence-electron chi connectivity index (χ3n) is 2.00. The number of rotatable bonds is 5. The Hall–Kier alpha value is -0.380. The van der Waals surface area contributed by atoms with E-state index in [0.717, 1.165) is 12.8 Å². The molecule has 2 N–H and O–H groups in total. The third kappa shape index (κ3) is 3.46. The number of aliphatic hydroxyl groups excluding tert-OH is 2. The molecule has 0 radical (unpaired) electrons. The monoisotopic (exact) mass is 200 g/mol. The van der Waals surface area contributed by atoms with E-state index in [1.807, 2.05) is 0 Å². The maximum Gasteiger partial charge on any atom is 0.0774 e. The van der Waals surface area contributed by atoms with Crippen LogP contribution < -0.4 is 0 Å². The van der Waals surface area contributed by atoms with E-state index in [4.69, 9.17) is 10.2 Å². The van der Waals surface area contributed by atoms with Gasteiger partial charge in [0.2, 0.25) is 0 Å². The van der Waals surface area contributed by atoms with E-state index in [2.05, 4.69) is 19.1 Å². The molecular formula is C10H16O2S. The lowest BCUT2D eigenvalue weighted by atomic mass is 10.2. The molecule has 0 amide bonds. The van der Waals surface area contributed by atoms with Crippen molar-refractivity contribution in [1.29, 1.82) is 0 Å². The topological polar surface area (TPSA) is 40.5 Å². The molecule has 0 aliphatic carbocycles. The summed E-state index contributed by atoms with van der Waals surface area (Å²) in [6, 6.07) is 4.24. The van der Waals surface area contributed by atoms with E-state index in [-0.39, 0.29) is 6.61 Å². The van der Waals surface area contributed by atoms with Crippen LogP contribution >= 0.6 is 11.3 Å². The summed E-state index contributed by atoms with van der Waals surface area (Å²) in [4.78, 5) is 2.68. The average molecular weight is 200 g/mol. The normalized spacial score (nSPS) is 13.2. The van der Waals surface area contributed by atoms with E-state index in [1.165, 1.54) is 9.75 Å². The van der Waals surface area contributed by atoms with E-state index in [9.17, 15) is 0 Å². The standard InChI is InChI=1S/C10H16O2S/c1-2-9-5-6-10(13-9)4-3-8(12)7-11/h5-6,8,11-12H,2-4,7H2,1H3. The minimum absolute atomic E-state index is 0.133. The Morgan fingerprint density at radius 1 is 1.38 bits per heavy atom. The van der Waals surface area contributed by atoms with Crippen molar-refractivity contribution in [2.75, 3.05) is 6.61 Å². The lowest BCUT2D eigenvalue weighted by Gasteiger charge is -2.04. The van der Waals surface area contributed by atoms with Gasteiger partial charge in [-0.2, -0.15) is 0 Å². The highest BCUT2D eigenvalue weighted by Crippen LogP contribution is 2.18. The number of aryl methyl sites for hydroxylation is 2. The van der Waals surface area contributed by atoms with Gasteiger partial charge in [-0.3, -0.25) is 0 Å². The van der Waals surface area contributed by atoms with Gasteiger partial charge in [-0.25, -0.2) is 0 Å². The molecule has 0 fully saturated rings. The maximum atomic E-state index is 9.14. The Kier molecular flexibility index (Phi) is 4.42. The fourth-order valence-electron chi connectivity index (χ4n) is 1.15. The van der Waals surface area contributed by atoms with Gasteiger partial charge in [0.15, 0.2) is 0 Å². The molecule has 1 rings (SSSR count). The molecule has 1 heterocycles. The summed E-state index contributed by atoms with van der Waals surface area (Å²) in [7, 11) is 0. The van der Waals surface area contributed by atoms with Gasteiger partial charge in [0.1, 0.15) is 0 Å².